The van der Waals surface area contributed by atoms with Crippen LogP contribution in [0.2, 0.25) is 0 Å². The second kappa shape index (κ2) is 9.79. The van der Waals surface area contributed by atoms with Crippen LogP contribution in [0.3, 0.4) is 0 Å². The molecule has 1 aliphatic heterocycles. The topological polar surface area (TPSA) is 124 Å². The number of hydrogen-bond donors (Lipinski definition) is 2. The number of nitrogens with zero attached hydrogens (tertiary/aromatic N) is 3. The maximum atomic E-state index is 14.1. The van der Waals surface area contributed by atoms with Gasteiger partial charge in [0, 0.05) is 11.6 Å². The van der Waals surface area contributed by atoms with Gasteiger partial charge in [-0.25, -0.2) is 18.4 Å². The highest BCUT2D eigenvalue weighted by Gasteiger charge is 2.45. The highest BCUT2D eigenvalue weighted by molar-refractivity contribution is 7.85. The van der Waals surface area contributed by atoms with Gasteiger partial charge in [-0.05, 0) is 31.2 Å². The fraction of sp³-hybridized carbons (Fsp3) is 0.300. The summed E-state index contributed by atoms with van der Waals surface area (Å²) in [6.07, 6.45) is 2.17. The number of rotatable bonds is 5. The Morgan fingerprint density at radius 1 is 1.22 bits per heavy atom. The Labute approximate surface area is 183 Å². The van der Waals surface area contributed by atoms with Gasteiger partial charge < -0.3 is 14.6 Å². The van der Waals surface area contributed by atoms with Crippen LogP contribution in [-0.4, -0.2) is 52.2 Å². The Hall–Kier alpha value is -2.77. The van der Waals surface area contributed by atoms with Gasteiger partial charge in [0.1, 0.15) is 36.9 Å². The van der Waals surface area contributed by atoms with E-state index in [0.29, 0.717) is 0 Å². The van der Waals surface area contributed by atoms with E-state index in [4.69, 9.17) is 14.0 Å². The van der Waals surface area contributed by atoms with Crippen LogP contribution in [0.5, 0.6) is 0 Å². The first kappa shape index (κ1) is 23.9. The van der Waals surface area contributed by atoms with E-state index in [2.05, 4.69) is 10.1 Å². The molecule has 2 atom stereocenters. The normalized spacial score (nSPS) is 20.6. The summed E-state index contributed by atoms with van der Waals surface area (Å²) >= 11 is 0. The smallest absolute Gasteiger partial charge is 0.294 e. The number of ether oxygens (including phenoxy) is 2. The Balaban J connectivity index is 0.000000222. The molecule has 0 spiro atoms. The highest BCUT2D eigenvalue weighted by Crippen LogP contribution is 2.37. The van der Waals surface area contributed by atoms with Crippen LogP contribution < -0.4 is 0 Å². The third-order valence-electron chi connectivity index (χ3n) is 4.56. The minimum atomic E-state index is -4.02. The number of aliphatic hydroxyl groups is 1. The molecule has 0 amide bonds. The van der Waals surface area contributed by atoms with Gasteiger partial charge in [0.25, 0.3) is 10.1 Å². The first-order chi connectivity index (χ1) is 15.1. The molecule has 3 aromatic rings. The number of hydrogen-bond acceptors (Lipinski definition) is 7. The molecule has 2 N–H and O–H groups in total. The van der Waals surface area contributed by atoms with Crippen LogP contribution >= 0.6 is 0 Å². The third-order valence-corrected chi connectivity index (χ3v) is 5.43. The fourth-order valence-corrected chi connectivity index (χ4v) is 3.48. The molecular formula is C20H21F2N3O6S. The summed E-state index contributed by atoms with van der Waals surface area (Å²) in [6, 6.07) is 9.14. The summed E-state index contributed by atoms with van der Waals surface area (Å²) < 4.78 is 69.4. The lowest BCUT2D eigenvalue weighted by Crippen LogP contribution is -2.35. The quantitative estimate of drug-likeness (QED) is 0.545. The molecule has 0 unspecified atom stereocenters. The van der Waals surface area contributed by atoms with Crippen molar-refractivity contribution in [2.45, 2.75) is 30.3 Å². The molecule has 32 heavy (non-hydrogen) atoms. The molecule has 2 aromatic carbocycles. The number of benzene rings is 2. The summed E-state index contributed by atoms with van der Waals surface area (Å²) in [5.41, 5.74) is 1.01. The highest BCUT2D eigenvalue weighted by atomic mass is 32.2. The monoisotopic (exact) mass is 469 g/mol. The van der Waals surface area contributed by atoms with E-state index in [1.807, 2.05) is 6.92 Å². The molecular weight excluding hydrogens is 448 g/mol. The molecule has 1 fully saturated rings. The minimum Gasteiger partial charge on any atom is -0.394 e. The number of halogens is 2. The van der Waals surface area contributed by atoms with Gasteiger partial charge in [-0.15, -0.1) is 0 Å². The van der Waals surface area contributed by atoms with Crippen molar-refractivity contribution in [2.75, 3.05) is 13.2 Å². The van der Waals surface area contributed by atoms with Gasteiger partial charge in [0.15, 0.2) is 0 Å². The van der Waals surface area contributed by atoms with E-state index in [1.54, 1.807) is 12.1 Å². The molecule has 172 valence electrons. The molecule has 12 heteroatoms. The molecule has 1 saturated heterocycles. The van der Waals surface area contributed by atoms with Gasteiger partial charge in [0.05, 0.1) is 18.1 Å². The SMILES string of the molecule is Cc1ccc(S(=O)(=O)O)cc1.OC[C@H]1CO[C@](Cn2cncn2)(c2ccc(F)cc2F)O1. The van der Waals surface area contributed by atoms with Crippen molar-refractivity contribution in [3.63, 3.8) is 0 Å². The standard InChI is InChI=1S/C13H13F2N3O3.C7H8O3S/c14-9-1-2-11(12(15)3-9)13(6-18-8-16-7-17-18)20-5-10(4-19)21-13;1-6-2-4-7(5-3-6)11(8,9)10/h1-3,7-8,10,19H,4-6H2;2-5H,1H3,(H,8,9,10)/t10-,13-;/m0./s1. The van der Waals surface area contributed by atoms with E-state index >= 15 is 0 Å². The summed E-state index contributed by atoms with van der Waals surface area (Å²) in [5, 5.41) is 13.1. The molecule has 1 aliphatic rings. The predicted molar refractivity (Wildman–Crippen MR) is 107 cm³/mol. The Morgan fingerprint density at radius 3 is 2.47 bits per heavy atom. The zero-order valence-electron chi connectivity index (χ0n) is 16.9. The zero-order chi connectivity index (χ0) is 23.4. The second-order valence-electron chi connectivity index (χ2n) is 6.99. The van der Waals surface area contributed by atoms with Crippen LogP contribution in [0.15, 0.2) is 60.0 Å². The van der Waals surface area contributed by atoms with Crippen molar-refractivity contribution in [1.29, 1.82) is 0 Å². The maximum absolute atomic E-state index is 14.1. The average molecular weight is 469 g/mol. The van der Waals surface area contributed by atoms with E-state index < -0.39 is 33.6 Å². The first-order valence-electron chi connectivity index (χ1n) is 9.38. The summed E-state index contributed by atoms with van der Waals surface area (Å²) in [6.45, 7) is 1.71. The molecule has 0 radical (unpaired) electrons. The molecule has 0 saturated carbocycles. The molecule has 1 aromatic heterocycles. The van der Waals surface area contributed by atoms with E-state index in [1.165, 1.54) is 35.5 Å². The summed E-state index contributed by atoms with van der Waals surface area (Å²) in [7, 11) is -4.02. The number of aromatic nitrogens is 3. The van der Waals surface area contributed by atoms with Gasteiger partial charge in [-0.2, -0.15) is 13.5 Å². The maximum Gasteiger partial charge on any atom is 0.294 e. The van der Waals surface area contributed by atoms with Crippen molar-refractivity contribution >= 4 is 10.1 Å². The van der Waals surface area contributed by atoms with Gasteiger partial charge in [0.2, 0.25) is 5.79 Å². The van der Waals surface area contributed by atoms with Crippen LogP contribution in [0.1, 0.15) is 11.1 Å². The van der Waals surface area contributed by atoms with Crippen LogP contribution in [0.25, 0.3) is 0 Å². The number of aryl methyl sites for hydroxylation is 1. The van der Waals surface area contributed by atoms with Crippen molar-refractivity contribution in [3.05, 3.63) is 77.9 Å². The van der Waals surface area contributed by atoms with Crippen molar-refractivity contribution in [1.82, 2.24) is 14.8 Å². The lowest BCUT2D eigenvalue weighted by molar-refractivity contribution is -0.193. The van der Waals surface area contributed by atoms with E-state index in [-0.39, 0.29) is 30.2 Å². The fourth-order valence-electron chi connectivity index (χ4n) is 3.00. The van der Waals surface area contributed by atoms with Crippen molar-refractivity contribution < 1.29 is 36.3 Å². The van der Waals surface area contributed by atoms with Gasteiger partial charge in [-0.3, -0.25) is 4.55 Å². The van der Waals surface area contributed by atoms with E-state index in [0.717, 1.165) is 17.7 Å². The first-order valence-corrected chi connectivity index (χ1v) is 10.8. The van der Waals surface area contributed by atoms with Crippen molar-refractivity contribution in [3.8, 4) is 0 Å². The minimum absolute atomic E-state index is 0.0338. The lowest BCUT2D eigenvalue weighted by atomic mass is 10.0. The Kier molecular flexibility index (Phi) is 7.31. The zero-order valence-corrected chi connectivity index (χ0v) is 17.7. The van der Waals surface area contributed by atoms with Crippen LogP contribution in [0.4, 0.5) is 8.78 Å². The van der Waals surface area contributed by atoms with Crippen LogP contribution in [0, 0.1) is 18.6 Å². The van der Waals surface area contributed by atoms with Crippen LogP contribution in [-0.2, 0) is 31.9 Å². The predicted octanol–water partition coefficient (Wildman–Crippen LogP) is 2.06. The molecule has 9 nitrogen and oxygen atoms in total. The van der Waals surface area contributed by atoms with E-state index in [9.17, 15) is 22.3 Å². The van der Waals surface area contributed by atoms with Crippen molar-refractivity contribution in [2.24, 2.45) is 0 Å². The molecule has 0 aliphatic carbocycles. The van der Waals surface area contributed by atoms with Gasteiger partial charge in [-0.1, -0.05) is 17.7 Å². The third kappa shape index (κ3) is 5.72. The average Bonchev–Trinajstić information content (AvgIpc) is 3.39. The Morgan fingerprint density at radius 2 is 1.94 bits per heavy atom. The molecule has 2 heterocycles. The molecule has 4 rings (SSSR count). The van der Waals surface area contributed by atoms with Gasteiger partial charge >= 0.3 is 0 Å². The Bertz CT molecular complexity index is 1140. The summed E-state index contributed by atoms with van der Waals surface area (Å²) in [5.74, 6) is -2.95. The molecule has 0 bridgehead atoms. The largest absolute Gasteiger partial charge is 0.394 e. The lowest BCUT2D eigenvalue weighted by Gasteiger charge is -2.28. The summed E-state index contributed by atoms with van der Waals surface area (Å²) in [4.78, 5) is 3.74. The second-order valence-corrected chi connectivity index (χ2v) is 8.41. The number of aliphatic hydroxyl groups excluding tert-OH is 1.